The lowest BCUT2D eigenvalue weighted by Crippen LogP contribution is -2.51. The molecule has 6 heteroatoms. The van der Waals surface area contributed by atoms with Crippen molar-refractivity contribution < 1.29 is 9.13 Å². The summed E-state index contributed by atoms with van der Waals surface area (Å²) in [6.07, 6.45) is 1.72. The maximum Gasteiger partial charge on any atom is 0.165 e. The number of benzene rings is 1. The van der Waals surface area contributed by atoms with Gasteiger partial charge in [-0.15, -0.1) is 0 Å². The van der Waals surface area contributed by atoms with Gasteiger partial charge in [-0.3, -0.25) is 4.90 Å². The molecule has 1 aliphatic heterocycles. The van der Waals surface area contributed by atoms with Gasteiger partial charge in [0.05, 0.1) is 12.7 Å². The topological polar surface area (TPSA) is 52.4 Å². The Hall–Kier alpha value is -2.65. The number of piperazine rings is 1. The standard InChI is InChI=1S/C19H21FN4O/c1-14-12-24(19-16(11-21)4-3-7-22-19)9-8-23(14)13-15-5-6-18(25-2)17(20)10-15/h3-7,10,14H,8-9,12-13H2,1-2H3. The van der Waals surface area contributed by atoms with Crippen molar-refractivity contribution in [3.8, 4) is 11.8 Å². The molecule has 0 N–H and O–H groups in total. The Morgan fingerprint density at radius 2 is 2.20 bits per heavy atom. The third-order valence-corrected chi connectivity index (χ3v) is 4.57. The number of hydrogen-bond donors (Lipinski definition) is 0. The Labute approximate surface area is 147 Å². The van der Waals surface area contributed by atoms with E-state index in [0.29, 0.717) is 12.1 Å². The summed E-state index contributed by atoms with van der Waals surface area (Å²) < 4.78 is 18.8. The third-order valence-electron chi connectivity index (χ3n) is 4.57. The number of pyridine rings is 1. The van der Waals surface area contributed by atoms with Crippen LogP contribution in [-0.4, -0.2) is 42.7 Å². The first-order valence-corrected chi connectivity index (χ1v) is 8.29. The molecule has 0 aliphatic carbocycles. The molecule has 0 bridgehead atoms. The van der Waals surface area contributed by atoms with Crippen LogP contribution in [0.25, 0.3) is 0 Å². The first-order valence-electron chi connectivity index (χ1n) is 8.29. The molecule has 0 saturated carbocycles. The van der Waals surface area contributed by atoms with Crippen molar-refractivity contribution in [2.24, 2.45) is 0 Å². The molecule has 0 radical (unpaired) electrons. The minimum atomic E-state index is -0.335. The SMILES string of the molecule is COc1ccc(CN2CCN(c3ncccc3C#N)CC2C)cc1F. The molecule has 25 heavy (non-hydrogen) atoms. The fourth-order valence-electron chi connectivity index (χ4n) is 3.20. The first-order chi connectivity index (χ1) is 12.1. The number of aromatic nitrogens is 1. The van der Waals surface area contributed by atoms with Gasteiger partial charge in [0.15, 0.2) is 11.6 Å². The largest absolute Gasteiger partial charge is 0.494 e. The molecule has 1 saturated heterocycles. The van der Waals surface area contributed by atoms with Crippen LogP contribution in [0.15, 0.2) is 36.5 Å². The highest BCUT2D eigenvalue weighted by molar-refractivity contribution is 5.53. The van der Waals surface area contributed by atoms with Crippen LogP contribution < -0.4 is 9.64 Å². The van der Waals surface area contributed by atoms with Gasteiger partial charge < -0.3 is 9.64 Å². The Morgan fingerprint density at radius 1 is 1.36 bits per heavy atom. The average molecular weight is 340 g/mol. The summed E-state index contributed by atoms with van der Waals surface area (Å²) in [6, 6.07) is 11.1. The van der Waals surface area contributed by atoms with Crippen molar-refractivity contribution in [1.29, 1.82) is 5.26 Å². The molecule has 1 aromatic heterocycles. The Kier molecular flexibility index (Phi) is 5.15. The zero-order chi connectivity index (χ0) is 17.8. The van der Waals surface area contributed by atoms with Crippen LogP contribution in [0, 0.1) is 17.1 Å². The van der Waals surface area contributed by atoms with Gasteiger partial charge in [0.1, 0.15) is 11.9 Å². The maximum absolute atomic E-state index is 13.9. The molecule has 2 heterocycles. The number of halogens is 1. The quantitative estimate of drug-likeness (QED) is 0.857. The first kappa shape index (κ1) is 17.2. The van der Waals surface area contributed by atoms with Crippen LogP contribution in [0.3, 0.4) is 0 Å². The second-order valence-electron chi connectivity index (χ2n) is 6.22. The number of anilines is 1. The fourth-order valence-corrected chi connectivity index (χ4v) is 3.20. The van der Waals surface area contributed by atoms with E-state index < -0.39 is 0 Å². The van der Waals surface area contributed by atoms with Crippen molar-refractivity contribution in [1.82, 2.24) is 9.88 Å². The smallest absolute Gasteiger partial charge is 0.165 e. The lowest BCUT2D eigenvalue weighted by atomic mass is 10.1. The van der Waals surface area contributed by atoms with Gasteiger partial charge in [0.2, 0.25) is 0 Å². The summed E-state index contributed by atoms with van der Waals surface area (Å²) in [4.78, 5) is 8.83. The fraction of sp³-hybridized carbons (Fsp3) is 0.368. The van der Waals surface area contributed by atoms with E-state index in [-0.39, 0.29) is 17.6 Å². The van der Waals surface area contributed by atoms with Crippen molar-refractivity contribution >= 4 is 5.82 Å². The Balaban J connectivity index is 1.68. The second kappa shape index (κ2) is 7.49. The summed E-state index contributed by atoms with van der Waals surface area (Å²) in [7, 11) is 1.46. The third kappa shape index (κ3) is 3.72. The molecule has 3 rings (SSSR count). The summed E-state index contributed by atoms with van der Waals surface area (Å²) in [5.41, 5.74) is 1.52. The van der Waals surface area contributed by atoms with Crippen LogP contribution in [0.4, 0.5) is 10.2 Å². The number of rotatable bonds is 4. The number of methoxy groups -OCH3 is 1. The molecule has 2 aromatic rings. The van der Waals surface area contributed by atoms with Gasteiger partial charge in [-0.1, -0.05) is 6.07 Å². The van der Waals surface area contributed by atoms with Crippen molar-refractivity contribution in [2.45, 2.75) is 19.5 Å². The minimum Gasteiger partial charge on any atom is -0.494 e. The highest BCUT2D eigenvalue weighted by Gasteiger charge is 2.26. The molecule has 1 unspecified atom stereocenters. The van der Waals surface area contributed by atoms with Crippen molar-refractivity contribution in [2.75, 3.05) is 31.6 Å². The van der Waals surface area contributed by atoms with Crippen LogP contribution in [0.1, 0.15) is 18.1 Å². The summed E-state index contributed by atoms with van der Waals surface area (Å²) in [5.74, 6) is 0.672. The van der Waals surface area contributed by atoms with Crippen LogP contribution in [0.5, 0.6) is 5.75 Å². The zero-order valence-corrected chi connectivity index (χ0v) is 14.4. The monoisotopic (exact) mass is 340 g/mol. The lowest BCUT2D eigenvalue weighted by molar-refractivity contribution is 0.180. The maximum atomic E-state index is 13.9. The lowest BCUT2D eigenvalue weighted by Gasteiger charge is -2.40. The average Bonchev–Trinajstić information content (AvgIpc) is 2.63. The number of nitrogens with zero attached hydrogens (tertiary/aromatic N) is 4. The van der Waals surface area contributed by atoms with E-state index in [9.17, 15) is 9.65 Å². The van der Waals surface area contributed by atoms with Crippen LogP contribution >= 0.6 is 0 Å². The molecule has 0 spiro atoms. The second-order valence-corrected chi connectivity index (χ2v) is 6.22. The van der Waals surface area contributed by atoms with Gasteiger partial charge in [-0.25, -0.2) is 9.37 Å². The van der Waals surface area contributed by atoms with E-state index in [1.54, 1.807) is 24.4 Å². The molecule has 0 amide bonds. The van der Waals surface area contributed by atoms with Gasteiger partial charge in [0.25, 0.3) is 0 Å². The van der Waals surface area contributed by atoms with E-state index in [1.165, 1.54) is 13.2 Å². The highest BCUT2D eigenvalue weighted by atomic mass is 19.1. The van der Waals surface area contributed by atoms with E-state index in [4.69, 9.17) is 4.74 Å². The van der Waals surface area contributed by atoms with Gasteiger partial charge >= 0.3 is 0 Å². The minimum absolute atomic E-state index is 0.265. The van der Waals surface area contributed by atoms with Gasteiger partial charge in [-0.05, 0) is 36.8 Å². The summed E-state index contributed by atoms with van der Waals surface area (Å²) >= 11 is 0. The predicted molar refractivity (Wildman–Crippen MR) is 94.0 cm³/mol. The molecular formula is C19H21FN4O. The van der Waals surface area contributed by atoms with Gasteiger partial charge in [0, 0.05) is 38.4 Å². The molecule has 1 atom stereocenters. The molecule has 1 fully saturated rings. The normalized spacial score (nSPS) is 18.0. The molecule has 1 aliphatic rings. The Morgan fingerprint density at radius 3 is 2.88 bits per heavy atom. The molecule has 130 valence electrons. The predicted octanol–water partition coefficient (Wildman–Crippen LogP) is 2.81. The van der Waals surface area contributed by atoms with Crippen LogP contribution in [-0.2, 0) is 6.54 Å². The molecule has 5 nitrogen and oxygen atoms in total. The Bertz CT molecular complexity index is 789. The summed E-state index contributed by atoms with van der Waals surface area (Å²) in [5, 5.41) is 9.26. The van der Waals surface area contributed by atoms with E-state index in [1.807, 2.05) is 6.07 Å². The highest BCUT2D eigenvalue weighted by Crippen LogP contribution is 2.23. The number of hydrogen-bond acceptors (Lipinski definition) is 5. The molecule has 1 aromatic carbocycles. The van der Waals surface area contributed by atoms with E-state index >= 15 is 0 Å². The number of nitriles is 1. The summed E-state index contributed by atoms with van der Waals surface area (Å²) in [6.45, 7) is 5.22. The number of ether oxygens (including phenoxy) is 1. The van der Waals surface area contributed by atoms with Crippen molar-refractivity contribution in [3.63, 3.8) is 0 Å². The van der Waals surface area contributed by atoms with Crippen molar-refractivity contribution in [3.05, 3.63) is 53.5 Å². The zero-order valence-electron chi connectivity index (χ0n) is 14.4. The van der Waals surface area contributed by atoms with Gasteiger partial charge in [-0.2, -0.15) is 5.26 Å². The van der Waals surface area contributed by atoms with E-state index in [2.05, 4.69) is 27.8 Å². The van der Waals surface area contributed by atoms with E-state index in [0.717, 1.165) is 31.0 Å². The van der Waals surface area contributed by atoms with Crippen LogP contribution in [0.2, 0.25) is 0 Å². The molecular weight excluding hydrogens is 319 g/mol.